The normalized spacial score (nSPS) is 10.7. The van der Waals surface area contributed by atoms with Crippen molar-refractivity contribution in [3.05, 3.63) is 53.6 Å². The van der Waals surface area contributed by atoms with E-state index in [1.807, 2.05) is 48.3 Å². The van der Waals surface area contributed by atoms with Gasteiger partial charge in [0.25, 0.3) is 0 Å². The maximum Gasteiger partial charge on any atom is 0.195 e. The Morgan fingerprint density at radius 2 is 1.78 bits per heavy atom. The lowest BCUT2D eigenvalue weighted by atomic mass is 10.2. The van der Waals surface area contributed by atoms with E-state index in [0.29, 0.717) is 4.77 Å². The highest BCUT2D eigenvalue weighted by Gasteiger charge is 2.05. The molecule has 0 amide bonds. The van der Waals surface area contributed by atoms with Crippen molar-refractivity contribution in [2.75, 3.05) is 0 Å². The summed E-state index contributed by atoms with van der Waals surface area (Å²) in [6.45, 7) is 0. The molecule has 0 spiro atoms. The second kappa shape index (κ2) is 4.27. The van der Waals surface area contributed by atoms with Gasteiger partial charge in [-0.1, -0.05) is 0 Å². The molecule has 1 N–H and O–H groups in total. The van der Waals surface area contributed by atoms with Gasteiger partial charge in [-0.25, -0.2) is 0 Å². The first-order valence-corrected chi connectivity index (χ1v) is 6.02. The predicted octanol–water partition coefficient (Wildman–Crippen LogP) is 2.94. The van der Waals surface area contributed by atoms with E-state index < -0.39 is 0 Å². The Hall–Kier alpha value is -2.14. The molecular weight excluding hydrogens is 244 g/mol. The number of nitrogens with zero attached hydrogens (tertiary/aromatic N) is 3. The predicted molar refractivity (Wildman–Crippen MR) is 73.2 cm³/mol. The average Bonchev–Trinajstić information content (AvgIpc) is 3.02. The number of aromatic amines is 1. The van der Waals surface area contributed by atoms with Gasteiger partial charge >= 0.3 is 0 Å². The molecule has 0 aliphatic rings. The highest BCUT2D eigenvalue weighted by atomic mass is 32.1. The summed E-state index contributed by atoms with van der Waals surface area (Å²) >= 11 is 5.11. The van der Waals surface area contributed by atoms with Gasteiger partial charge in [-0.3, -0.25) is 5.10 Å². The molecule has 90 valence electrons. The molecule has 0 saturated heterocycles. The third-order valence-electron chi connectivity index (χ3n) is 2.91. The van der Waals surface area contributed by atoms with Crippen LogP contribution in [-0.4, -0.2) is 19.3 Å². The number of rotatable bonds is 2. The zero-order valence-corrected chi connectivity index (χ0v) is 10.7. The van der Waals surface area contributed by atoms with Crippen molar-refractivity contribution in [1.29, 1.82) is 0 Å². The van der Waals surface area contributed by atoms with Crippen LogP contribution in [0.1, 0.15) is 0 Å². The average molecular weight is 256 g/mol. The monoisotopic (exact) mass is 256 g/mol. The van der Waals surface area contributed by atoms with E-state index in [2.05, 4.69) is 26.9 Å². The van der Waals surface area contributed by atoms with Crippen LogP contribution in [0.2, 0.25) is 0 Å². The largest absolute Gasteiger partial charge is 0.324 e. The van der Waals surface area contributed by atoms with E-state index in [1.54, 1.807) is 0 Å². The third kappa shape index (κ3) is 1.78. The molecule has 3 rings (SSSR count). The van der Waals surface area contributed by atoms with Gasteiger partial charge in [0.05, 0.1) is 0 Å². The summed E-state index contributed by atoms with van der Waals surface area (Å²) in [6, 6.07) is 12.2. The SMILES string of the molecule is Cn1c(-c2ccc(-n3cccc3)cc2)n[nH]c1=S. The summed E-state index contributed by atoms with van der Waals surface area (Å²) < 4.78 is 4.55. The molecule has 18 heavy (non-hydrogen) atoms. The molecule has 0 aliphatic carbocycles. The summed E-state index contributed by atoms with van der Waals surface area (Å²) in [4.78, 5) is 0. The molecule has 0 radical (unpaired) electrons. The van der Waals surface area contributed by atoms with E-state index >= 15 is 0 Å². The standard InChI is InChI=1S/C13H12N4S/c1-16-12(14-15-13(16)18)10-4-6-11(7-5-10)17-8-2-3-9-17/h2-9H,1H3,(H,15,18). The molecule has 4 nitrogen and oxygen atoms in total. The first-order valence-electron chi connectivity index (χ1n) is 5.61. The minimum absolute atomic E-state index is 0.625. The zero-order valence-electron chi connectivity index (χ0n) is 9.87. The fourth-order valence-corrected chi connectivity index (χ4v) is 2.03. The summed E-state index contributed by atoms with van der Waals surface area (Å²) in [6.07, 6.45) is 4.04. The van der Waals surface area contributed by atoms with Crippen LogP contribution in [0.3, 0.4) is 0 Å². The Bertz CT molecular complexity index is 704. The second-order valence-electron chi connectivity index (χ2n) is 4.05. The first-order chi connectivity index (χ1) is 8.75. The lowest BCUT2D eigenvalue weighted by Crippen LogP contribution is -1.94. The molecule has 3 aromatic rings. The number of hydrogen-bond acceptors (Lipinski definition) is 2. The van der Waals surface area contributed by atoms with Crippen LogP contribution in [0.25, 0.3) is 17.1 Å². The highest BCUT2D eigenvalue weighted by Crippen LogP contribution is 2.18. The van der Waals surface area contributed by atoms with Crippen molar-refractivity contribution in [3.8, 4) is 17.1 Å². The van der Waals surface area contributed by atoms with Gasteiger partial charge in [0, 0.05) is 30.7 Å². The molecule has 0 atom stereocenters. The van der Waals surface area contributed by atoms with Crippen molar-refractivity contribution in [1.82, 2.24) is 19.3 Å². The van der Waals surface area contributed by atoms with Crippen molar-refractivity contribution >= 4 is 12.2 Å². The van der Waals surface area contributed by atoms with Gasteiger partial charge in [0.15, 0.2) is 10.6 Å². The van der Waals surface area contributed by atoms with Crippen LogP contribution >= 0.6 is 12.2 Å². The van der Waals surface area contributed by atoms with E-state index in [0.717, 1.165) is 17.1 Å². The van der Waals surface area contributed by atoms with E-state index in [4.69, 9.17) is 12.2 Å². The molecule has 0 aliphatic heterocycles. The van der Waals surface area contributed by atoms with Crippen LogP contribution in [0.4, 0.5) is 0 Å². The van der Waals surface area contributed by atoms with Crippen molar-refractivity contribution in [2.45, 2.75) is 0 Å². The number of hydrogen-bond donors (Lipinski definition) is 1. The number of benzene rings is 1. The summed E-state index contributed by atoms with van der Waals surface area (Å²) in [5, 5.41) is 7.01. The minimum Gasteiger partial charge on any atom is -0.324 e. The summed E-state index contributed by atoms with van der Waals surface area (Å²) in [5.74, 6) is 0.846. The van der Waals surface area contributed by atoms with E-state index in [9.17, 15) is 0 Å². The Morgan fingerprint density at radius 1 is 1.11 bits per heavy atom. The molecule has 1 aromatic carbocycles. The summed E-state index contributed by atoms with van der Waals surface area (Å²) in [7, 11) is 1.90. The molecule has 0 bridgehead atoms. The first kappa shape index (κ1) is 11.0. The number of nitrogens with one attached hydrogen (secondary N) is 1. The molecule has 2 aromatic heterocycles. The van der Waals surface area contributed by atoms with Gasteiger partial charge < -0.3 is 9.13 Å². The maximum absolute atomic E-state index is 5.11. The van der Waals surface area contributed by atoms with Crippen LogP contribution in [0, 0.1) is 4.77 Å². The Balaban J connectivity index is 2.01. The van der Waals surface area contributed by atoms with Gasteiger partial charge in [-0.05, 0) is 48.6 Å². The van der Waals surface area contributed by atoms with Crippen LogP contribution in [0.15, 0.2) is 48.8 Å². The van der Waals surface area contributed by atoms with Gasteiger partial charge in [-0.2, -0.15) is 5.10 Å². The minimum atomic E-state index is 0.625. The van der Waals surface area contributed by atoms with Gasteiger partial charge in [0.1, 0.15) is 0 Å². The topological polar surface area (TPSA) is 38.5 Å². The third-order valence-corrected chi connectivity index (χ3v) is 3.27. The fraction of sp³-hybridized carbons (Fsp3) is 0.0769. The molecular formula is C13H12N4S. The Labute approximate surface area is 110 Å². The lowest BCUT2D eigenvalue weighted by molar-refractivity contribution is 0.902. The van der Waals surface area contributed by atoms with Crippen LogP contribution in [0.5, 0.6) is 0 Å². The number of aromatic nitrogens is 4. The molecule has 0 saturated carbocycles. The van der Waals surface area contributed by atoms with E-state index in [-0.39, 0.29) is 0 Å². The molecule has 0 unspecified atom stereocenters. The Kier molecular flexibility index (Phi) is 2.60. The van der Waals surface area contributed by atoms with Crippen LogP contribution < -0.4 is 0 Å². The zero-order chi connectivity index (χ0) is 12.5. The Morgan fingerprint density at radius 3 is 2.33 bits per heavy atom. The van der Waals surface area contributed by atoms with E-state index in [1.165, 1.54) is 0 Å². The summed E-state index contributed by atoms with van der Waals surface area (Å²) in [5.41, 5.74) is 2.17. The van der Waals surface area contributed by atoms with Gasteiger partial charge in [-0.15, -0.1) is 0 Å². The number of H-pyrrole nitrogens is 1. The highest BCUT2D eigenvalue weighted by molar-refractivity contribution is 7.71. The maximum atomic E-state index is 5.11. The van der Waals surface area contributed by atoms with Crippen molar-refractivity contribution in [3.63, 3.8) is 0 Å². The second-order valence-corrected chi connectivity index (χ2v) is 4.44. The quantitative estimate of drug-likeness (QED) is 0.716. The smallest absolute Gasteiger partial charge is 0.195 e. The van der Waals surface area contributed by atoms with Crippen molar-refractivity contribution in [2.24, 2.45) is 7.05 Å². The molecule has 2 heterocycles. The molecule has 0 fully saturated rings. The molecule has 5 heteroatoms. The van der Waals surface area contributed by atoms with Gasteiger partial charge in [0.2, 0.25) is 0 Å². The van der Waals surface area contributed by atoms with Crippen molar-refractivity contribution < 1.29 is 0 Å². The fourth-order valence-electron chi connectivity index (χ4n) is 1.89. The van der Waals surface area contributed by atoms with Crippen LogP contribution in [-0.2, 0) is 7.05 Å². The lowest BCUT2D eigenvalue weighted by Gasteiger charge is -2.04.